The van der Waals surface area contributed by atoms with Gasteiger partial charge < -0.3 is 14.7 Å². The highest BCUT2D eigenvalue weighted by atomic mass is 16.5. The highest BCUT2D eigenvalue weighted by Gasteiger charge is 2.35. The minimum Gasteiger partial charge on any atom is -0.503 e. The zero-order valence-electron chi connectivity index (χ0n) is 9.21. The minimum atomic E-state index is -0.686. The summed E-state index contributed by atoms with van der Waals surface area (Å²) in [6.45, 7) is 0.0291. The van der Waals surface area contributed by atoms with Gasteiger partial charge in [-0.3, -0.25) is 4.79 Å². The molecule has 88 valence electrons. The van der Waals surface area contributed by atoms with Crippen molar-refractivity contribution in [1.29, 1.82) is 0 Å². The summed E-state index contributed by atoms with van der Waals surface area (Å²) in [7, 11) is 1.21. The lowest BCUT2D eigenvalue weighted by atomic mass is 10.2. The molecular formula is C12H11NO4. The monoisotopic (exact) mass is 233 g/mol. The number of methoxy groups -OCH3 is 1. The second-order valence-electron chi connectivity index (χ2n) is 3.55. The summed E-state index contributed by atoms with van der Waals surface area (Å²) in [5.41, 5.74) is 0.615. The molecule has 0 radical (unpaired) electrons. The van der Waals surface area contributed by atoms with Crippen LogP contribution in [0.1, 0.15) is 0 Å². The third-order valence-electron chi connectivity index (χ3n) is 2.55. The van der Waals surface area contributed by atoms with Gasteiger partial charge in [0.25, 0.3) is 5.91 Å². The molecule has 0 fully saturated rings. The molecule has 1 amide bonds. The number of hydrogen-bond donors (Lipinski definition) is 1. The summed E-state index contributed by atoms with van der Waals surface area (Å²) in [5, 5.41) is 9.58. The Morgan fingerprint density at radius 1 is 1.35 bits per heavy atom. The lowest BCUT2D eigenvalue weighted by Crippen LogP contribution is -2.27. The number of para-hydroxylation sites is 1. The highest BCUT2D eigenvalue weighted by Crippen LogP contribution is 2.24. The first-order valence-corrected chi connectivity index (χ1v) is 5.02. The average molecular weight is 233 g/mol. The van der Waals surface area contributed by atoms with E-state index in [4.69, 9.17) is 0 Å². The third kappa shape index (κ3) is 1.87. The van der Waals surface area contributed by atoms with Crippen molar-refractivity contribution >= 4 is 17.6 Å². The second-order valence-corrected chi connectivity index (χ2v) is 3.55. The van der Waals surface area contributed by atoms with Crippen molar-refractivity contribution in [3.63, 3.8) is 0 Å². The van der Waals surface area contributed by atoms with E-state index in [2.05, 4.69) is 4.74 Å². The number of esters is 1. The normalized spacial score (nSPS) is 15.4. The van der Waals surface area contributed by atoms with Gasteiger partial charge in [-0.1, -0.05) is 18.2 Å². The third-order valence-corrected chi connectivity index (χ3v) is 2.55. The van der Waals surface area contributed by atoms with Crippen molar-refractivity contribution in [2.24, 2.45) is 0 Å². The van der Waals surface area contributed by atoms with Crippen molar-refractivity contribution in [3.05, 3.63) is 41.7 Å². The fraction of sp³-hybridized carbons (Fsp3) is 0.167. The molecule has 0 bridgehead atoms. The Labute approximate surface area is 97.9 Å². The summed E-state index contributed by atoms with van der Waals surface area (Å²) >= 11 is 0. The lowest BCUT2D eigenvalue weighted by molar-refractivity contribution is -0.136. The summed E-state index contributed by atoms with van der Waals surface area (Å²) in [6.07, 6.45) is 0. The Morgan fingerprint density at radius 3 is 2.59 bits per heavy atom. The van der Waals surface area contributed by atoms with Crippen LogP contribution in [0.3, 0.4) is 0 Å². The van der Waals surface area contributed by atoms with Crippen LogP contribution in [0.15, 0.2) is 41.7 Å². The van der Waals surface area contributed by atoms with Crippen LogP contribution >= 0.6 is 0 Å². The molecule has 1 aromatic rings. The van der Waals surface area contributed by atoms with Gasteiger partial charge in [-0.2, -0.15) is 0 Å². The number of aliphatic hydroxyl groups excluding tert-OH is 1. The van der Waals surface area contributed by atoms with Crippen molar-refractivity contribution in [1.82, 2.24) is 0 Å². The number of benzene rings is 1. The predicted molar refractivity (Wildman–Crippen MR) is 60.5 cm³/mol. The maximum atomic E-state index is 11.7. The molecule has 1 aromatic carbocycles. The van der Waals surface area contributed by atoms with E-state index in [1.54, 1.807) is 24.3 Å². The number of hydrogen-bond acceptors (Lipinski definition) is 4. The van der Waals surface area contributed by atoms with Crippen molar-refractivity contribution < 1.29 is 19.4 Å². The number of amides is 1. The zero-order valence-corrected chi connectivity index (χ0v) is 9.21. The molecule has 1 heterocycles. The Bertz CT molecular complexity index is 492. The highest BCUT2D eigenvalue weighted by molar-refractivity contribution is 6.13. The van der Waals surface area contributed by atoms with Gasteiger partial charge in [0, 0.05) is 5.69 Å². The molecular weight excluding hydrogens is 222 g/mol. The fourth-order valence-corrected chi connectivity index (χ4v) is 1.66. The van der Waals surface area contributed by atoms with Crippen LogP contribution in [0.2, 0.25) is 0 Å². The predicted octanol–water partition coefficient (Wildman–Crippen LogP) is 1.02. The van der Waals surface area contributed by atoms with Crippen LogP contribution in [0.4, 0.5) is 5.69 Å². The van der Waals surface area contributed by atoms with Crippen LogP contribution < -0.4 is 4.90 Å². The summed E-state index contributed by atoms with van der Waals surface area (Å²) in [5.74, 6) is -1.81. The van der Waals surface area contributed by atoms with Crippen molar-refractivity contribution in [3.8, 4) is 0 Å². The zero-order chi connectivity index (χ0) is 12.4. The molecule has 0 atom stereocenters. The Morgan fingerprint density at radius 2 is 2.00 bits per heavy atom. The van der Waals surface area contributed by atoms with Gasteiger partial charge in [0.1, 0.15) is 5.57 Å². The molecule has 0 aromatic heterocycles. The molecule has 17 heavy (non-hydrogen) atoms. The molecule has 5 heteroatoms. The van der Waals surface area contributed by atoms with E-state index in [0.717, 1.165) is 0 Å². The maximum Gasteiger partial charge on any atom is 0.339 e. The number of carbonyl (C=O) groups is 2. The quantitative estimate of drug-likeness (QED) is 0.774. The molecule has 0 spiro atoms. The number of ether oxygens (including phenoxy) is 1. The first-order chi connectivity index (χ1) is 8.15. The summed E-state index contributed by atoms with van der Waals surface area (Å²) in [6, 6.07) is 8.82. The van der Waals surface area contributed by atoms with E-state index in [1.165, 1.54) is 12.0 Å². The number of anilines is 1. The first-order valence-electron chi connectivity index (χ1n) is 5.02. The number of carbonyl (C=O) groups excluding carboxylic acids is 2. The van der Waals surface area contributed by atoms with E-state index in [-0.39, 0.29) is 12.1 Å². The van der Waals surface area contributed by atoms with E-state index in [0.29, 0.717) is 5.69 Å². The Hall–Kier alpha value is -2.30. The van der Waals surface area contributed by atoms with Crippen molar-refractivity contribution in [2.75, 3.05) is 18.6 Å². The van der Waals surface area contributed by atoms with Crippen LogP contribution in [0.25, 0.3) is 0 Å². The SMILES string of the molecule is COC(=O)C1=C(O)C(=O)N(c2ccccc2)C1. The van der Waals surface area contributed by atoms with Crippen LogP contribution in [-0.2, 0) is 14.3 Å². The van der Waals surface area contributed by atoms with Gasteiger partial charge in [0.2, 0.25) is 0 Å². The standard InChI is InChI=1S/C12H11NO4/c1-17-12(16)9-7-13(11(15)10(9)14)8-5-3-2-4-6-8/h2-6,14H,7H2,1H3. The van der Waals surface area contributed by atoms with E-state index in [1.807, 2.05) is 6.07 Å². The molecule has 1 aliphatic rings. The van der Waals surface area contributed by atoms with Gasteiger partial charge in [0.15, 0.2) is 5.76 Å². The summed E-state index contributed by atoms with van der Waals surface area (Å²) < 4.78 is 4.50. The molecule has 2 rings (SSSR count). The van der Waals surface area contributed by atoms with Crippen LogP contribution in [0, 0.1) is 0 Å². The molecule has 0 unspecified atom stereocenters. The smallest absolute Gasteiger partial charge is 0.339 e. The number of nitrogens with zero attached hydrogens (tertiary/aromatic N) is 1. The molecule has 1 N–H and O–H groups in total. The van der Waals surface area contributed by atoms with Crippen LogP contribution in [0.5, 0.6) is 0 Å². The number of rotatable bonds is 2. The van der Waals surface area contributed by atoms with E-state index in [9.17, 15) is 14.7 Å². The maximum absolute atomic E-state index is 11.7. The molecule has 0 aliphatic carbocycles. The average Bonchev–Trinajstić information content (AvgIpc) is 2.67. The van der Waals surface area contributed by atoms with Gasteiger partial charge in [-0.25, -0.2) is 4.79 Å². The van der Waals surface area contributed by atoms with Gasteiger partial charge >= 0.3 is 5.97 Å². The molecule has 1 aliphatic heterocycles. The Kier molecular flexibility index (Phi) is 2.82. The van der Waals surface area contributed by atoms with E-state index < -0.39 is 17.6 Å². The molecule has 5 nitrogen and oxygen atoms in total. The topological polar surface area (TPSA) is 66.8 Å². The van der Waals surface area contributed by atoms with Crippen molar-refractivity contribution in [2.45, 2.75) is 0 Å². The molecule has 0 saturated heterocycles. The first kappa shape index (κ1) is 11.2. The van der Waals surface area contributed by atoms with Gasteiger partial charge in [-0.15, -0.1) is 0 Å². The fourth-order valence-electron chi connectivity index (χ4n) is 1.66. The van der Waals surface area contributed by atoms with E-state index >= 15 is 0 Å². The largest absolute Gasteiger partial charge is 0.503 e. The summed E-state index contributed by atoms with van der Waals surface area (Å²) in [4.78, 5) is 24.4. The Balaban J connectivity index is 2.29. The van der Waals surface area contributed by atoms with Crippen LogP contribution in [-0.4, -0.2) is 30.6 Å². The number of aliphatic hydroxyl groups is 1. The molecule has 0 saturated carbocycles. The lowest BCUT2D eigenvalue weighted by Gasteiger charge is -2.15. The second kappa shape index (κ2) is 4.29. The van der Waals surface area contributed by atoms with Gasteiger partial charge in [-0.05, 0) is 12.1 Å². The minimum absolute atomic E-state index is 0.0126. The van der Waals surface area contributed by atoms with Gasteiger partial charge in [0.05, 0.1) is 13.7 Å².